The number of rotatable bonds is 2. The minimum atomic E-state index is -0.242. The van der Waals surface area contributed by atoms with Crippen LogP contribution < -0.4 is 0 Å². The number of hydrogen-bond donors (Lipinski definition) is 0. The monoisotopic (exact) mass is 163 g/mol. The van der Waals surface area contributed by atoms with Crippen LogP contribution in [0, 0.1) is 0 Å². The van der Waals surface area contributed by atoms with Crippen LogP contribution in [0.3, 0.4) is 0 Å². The van der Waals surface area contributed by atoms with Gasteiger partial charge in [-0.2, -0.15) is 0 Å². The van der Waals surface area contributed by atoms with Crippen molar-refractivity contribution in [1.29, 1.82) is 0 Å². The highest BCUT2D eigenvalue weighted by Crippen LogP contribution is 2.10. The van der Waals surface area contributed by atoms with E-state index in [4.69, 9.17) is 16.3 Å². The normalized spacial score (nSPS) is 25.2. The number of carbonyl (C=O) groups excluding carboxylic acids is 1. The molecule has 0 N–H and O–H groups in total. The Kier molecular flexibility index (Phi) is 2.38. The minimum Gasteiger partial charge on any atom is -0.443 e. The van der Waals surface area contributed by atoms with Gasteiger partial charge in [-0.1, -0.05) is 0 Å². The second-order valence-corrected chi connectivity index (χ2v) is 2.51. The van der Waals surface area contributed by atoms with Crippen LogP contribution in [0.5, 0.6) is 0 Å². The third kappa shape index (κ3) is 1.34. The summed E-state index contributed by atoms with van der Waals surface area (Å²) < 4.78 is 4.87. The fraction of sp³-hybridized carbons (Fsp3) is 0.833. The first kappa shape index (κ1) is 7.66. The van der Waals surface area contributed by atoms with Crippen molar-refractivity contribution >= 4 is 17.7 Å². The second kappa shape index (κ2) is 3.10. The topological polar surface area (TPSA) is 29.5 Å². The van der Waals surface area contributed by atoms with E-state index in [2.05, 4.69) is 0 Å². The highest BCUT2D eigenvalue weighted by molar-refractivity contribution is 6.18. The summed E-state index contributed by atoms with van der Waals surface area (Å²) in [4.78, 5) is 12.5. The molecule has 0 bridgehead atoms. The number of hydrogen-bond acceptors (Lipinski definition) is 2. The second-order valence-electron chi connectivity index (χ2n) is 2.20. The van der Waals surface area contributed by atoms with Crippen LogP contribution in [0.25, 0.3) is 0 Å². The average molecular weight is 164 g/mol. The van der Waals surface area contributed by atoms with Crippen LogP contribution in [0.4, 0.5) is 4.79 Å². The Hall–Kier alpha value is -0.440. The SMILES string of the molecule is CCN1CC(CCl)OC1=O. The first-order valence-electron chi connectivity index (χ1n) is 3.29. The van der Waals surface area contributed by atoms with Gasteiger partial charge in [-0.3, -0.25) is 0 Å². The van der Waals surface area contributed by atoms with E-state index in [-0.39, 0.29) is 12.2 Å². The number of halogens is 1. The molecule has 0 aliphatic carbocycles. The number of ether oxygens (including phenoxy) is 1. The zero-order chi connectivity index (χ0) is 7.56. The lowest BCUT2D eigenvalue weighted by Crippen LogP contribution is -2.24. The smallest absolute Gasteiger partial charge is 0.410 e. The molecule has 1 saturated heterocycles. The van der Waals surface area contributed by atoms with E-state index in [1.54, 1.807) is 4.90 Å². The Bertz CT molecular complexity index is 140. The first-order valence-corrected chi connectivity index (χ1v) is 3.83. The highest BCUT2D eigenvalue weighted by atomic mass is 35.5. The molecule has 1 atom stereocenters. The molecule has 0 spiro atoms. The van der Waals surface area contributed by atoms with Gasteiger partial charge in [0.05, 0.1) is 12.4 Å². The lowest BCUT2D eigenvalue weighted by atomic mass is 10.4. The first-order chi connectivity index (χ1) is 4.77. The number of likely N-dealkylation sites (N-methyl/N-ethyl adjacent to an activating group) is 1. The van der Waals surface area contributed by atoms with Crippen LogP contribution in [-0.4, -0.2) is 36.1 Å². The summed E-state index contributed by atoms with van der Waals surface area (Å²) in [5.74, 6) is 0.391. The van der Waals surface area contributed by atoms with E-state index in [0.717, 1.165) is 0 Å². The van der Waals surface area contributed by atoms with Crippen LogP contribution >= 0.6 is 11.6 Å². The van der Waals surface area contributed by atoms with E-state index in [1.807, 2.05) is 6.92 Å². The number of carbonyl (C=O) groups is 1. The molecule has 4 heteroatoms. The maximum Gasteiger partial charge on any atom is 0.410 e. The van der Waals surface area contributed by atoms with Crippen LogP contribution in [0.1, 0.15) is 6.92 Å². The van der Waals surface area contributed by atoms with Crippen LogP contribution in [0.15, 0.2) is 0 Å². The fourth-order valence-corrected chi connectivity index (χ4v) is 1.07. The molecule has 0 aromatic heterocycles. The van der Waals surface area contributed by atoms with Gasteiger partial charge in [-0.25, -0.2) is 4.79 Å². The van der Waals surface area contributed by atoms with Gasteiger partial charge in [-0.15, -0.1) is 11.6 Å². The predicted molar refractivity (Wildman–Crippen MR) is 38.2 cm³/mol. The molecule has 0 radical (unpaired) electrons. The molecule has 3 nitrogen and oxygen atoms in total. The molecule has 10 heavy (non-hydrogen) atoms. The lowest BCUT2D eigenvalue weighted by Gasteiger charge is -2.06. The van der Waals surface area contributed by atoms with Gasteiger partial charge in [0, 0.05) is 6.54 Å². The average Bonchev–Trinajstić information content (AvgIpc) is 2.30. The number of amides is 1. The summed E-state index contributed by atoms with van der Waals surface area (Å²) in [6.45, 7) is 3.25. The molecule has 58 valence electrons. The summed E-state index contributed by atoms with van der Waals surface area (Å²) in [6, 6.07) is 0. The Morgan fingerprint density at radius 2 is 2.60 bits per heavy atom. The zero-order valence-corrected chi connectivity index (χ0v) is 6.60. The summed E-state index contributed by atoms with van der Waals surface area (Å²) in [5.41, 5.74) is 0. The third-order valence-corrected chi connectivity index (χ3v) is 1.85. The van der Waals surface area contributed by atoms with Crippen LogP contribution in [0.2, 0.25) is 0 Å². The Balaban J connectivity index is 2.44. The molecule has 0 aromatic carbocycles. The van der Waals surface area contributed by atoms with E-state index < -0.39 is 0 Å². The van der Waals surface area contributed by atoms with Gasteiger partial charge in [0.1, 0.15) is 6.10 Å². The Morgan fingerprint density at radius 1 is 1.90 bits per heavy atom. The van der Waals surface area contributed by atoms with Gasteiger partial charge in [-0.05, 0) is 6.92 Å². The van der Waals surface area contributed by atoms with Crippen molar-refractivity contribution in [1.82, 2.24) is 4.90 Å². The Labute approximate surface area is 64.9 Å². The van der Waals surface area contributed by atoms with Crippen LogP contribution in [-0.2, 0) is 4.74 Å². The summed E-state index contributed by atoms with van der Waals surface area (Å²) in [6.07, 6.45) is -0.345. The maximum absolute atomic E-state index is 10.8. The lowest BCUT2D eigenvalue weighted by molar-refractivity contribution is 0.140. The van der Waals surface area contributed by atoms with Crippen molar-refractivity contribution in [3.05, 3.63) is 0 Å². The van der Waals surface area contributed by atoms with Gasteiger partial charge in [0.25, 0.3) is 0 Å². The number of cyclic esters (lactones) is 1. The van der Waals surface area contributed by atoms with Gasteiger partial charge in [0.2, 0.25) is 0 Å². The van der Waals surface area contributed by atoms with Crippen molar-refractivity contribution in [2.45, 2.75) is 13.0 Å². The Morgan fingerprint density at radius 3 is 2.90 bits per heavy atom. The number of alkyl halides is 1. The quantitative estimate of drug-likeness (QED) is 0.570. The maximum atomic E-state index is 10.8. The standard InChI is InChI=1S/C6H10ClNO2/c1-2-8-4-5(3-7)10-6(8)9/h5H,2-4H2,1H3. The summed E-state index contributed by atoms with van der Waals surface area (Å²) >= 11 is 5.49. The highest BCUT2D eigenvalue weighted by Gasteiger charge is 2.28. The van der Waals surface area contributed by atoms with E-state index in [0.29, 0.717) is 19.0 Å². The molecule has 0 aromatic rings. The van der Waals surface area contributed by atoms with Crippen molar-refractivity contribution in [2.75, 3.05) is 19.0 Å². The predicted octanol–water partition coefficient (Wildman–Crippen LogP) is 1.07. The third-order valence-electron chi connectivity index (χ3n) is 1.50. The van der Waals surface area contributed by atoms with E-state index in [9.17, 15) is 4.79 Å². The summed E-state index contributed by atoms with van der Waals surface area (Å²) in [7, 11) is 0. The molecule has 1 unspecified atom stereocenters. The molecule has 1 heterocycles. The molecule has 1 aliphatic rings. The van der Waals surface area contributed by atoms with Gasteiger partial charge in [0.15, 0.2) is 0 Å². The molecular formula is C6H10ClNO2. The largest absolute Gasteiger partial charge is 0.443 e. The molecule has 1 amide bonds. The van der Waals surface area contributed by atoms with E-state index in [1.165, 1.54) is 0 Å². The van der Waals surface area contributed by atoms with Crippen molar-refractivity contribution in [2.24, 2.45) is 0 Å². The van der Waals surface area contributed by atoms with E-state index >= 15 is 0 Å². The molecule has 1 aliphatic heterocycles. The molecule has 1 fully saturated rings. The van der Waals surface area contributed by atoms with Gasteiger partial charge < -0.3 is 9.64 Å². The molecular weight excluding hydrogens is 154 g/mol. The number of nitrogens with zero attached hydrogens (tertiary/aromatic N) is 1. The molecule has 0 saturated carbocycles. The van der Waals surface area contributed by atoms with Crippen molar-refractivity contribution in [3.63, 3.8) is 0 Å². The fourth-order valence-electron chi connectivity index (χ4n) is 0.913. The molecule has 1 rings (SSSR count). The zero-order valence-electron chi connectivity index (χ0n) is 5.84. The summed E-state index contributed by atoms with van der Waals surface area (Å²) in [5, 5.41) is 0. The van der Waals surface area contributed by atoms with Gasteiger partial charge >= 0.3 is 6.09 Å². The van der Waals surface area contributed by atoms with Crippen molar-refractivity contribution < 1.29 is 9.53 Å². The van der Waals surface area contributed by atoms with Crippen molar-refractivity contribution in [3.8, 4) is 0 Å². The minimum absolute atomic E-state index is 0.103.